The Bertz CT molecular complexity index is 836. The number of aliphatic hydroxyl groups is 1. The third kappa shape index (κ3) is 2.47. The standard InChI is InChI=1S/C19H18N2O2/c1-2-13-11-18(22)21-16-9-5-7-14(19(16)23-13)17-10-12-6-3-4-8-15(12)20-17/h2-10,13,18,20-22H,1,11H2/t13-,18?/m1/s1. The fourth-order valence-corrected chi connectivity index (χ4v) is 3.01. The van der Waals surface area contributed by atoms with Gasteiger partial charge in [0.2, 0.25) is 0 Å². The minimum atomic E-state index is -0.655. The van der Waals surface area contributed by atoms with E-state index in [-0.39, 0.29) is 6.10 Å². The molecule has 0 radical (unpaired) electrons. The van der Waals surface area contributed by atoms with Crippen molar-refractivity contribution in [1.82, 2.24) is 4.98 Å². The van der Waals surface area contributed by atoms with Crippen LogP contribution in [0.15, 0.2) is 61.2 Å². The highest BCUT2D eigenvalue weighted by atomic mass is 16.5. The van der Waals surface area contributed by atoms with Crippen LogP contribution in [0.25, 0.3) is 22.2 Å². The first-order valence-corrected chi connectivity index (χ1v) is 7.69. The molecule has 1 aliphatic heterocycles. The number of anilines is 1. The van der Waals surface area contributed by atoms with E-state index >= 15 is 0 Å². The Morgan fingerprint density at radius 3 is 2.87 bits per heavy atom. The first-order chi connectivity index (χ1) is 11.2. The number of aromatic amines is 1. The number of aliphatic hydroxyl groups excluding tert-OH is 1. The maximum Gasteiger partial charge on any atom is 0.152 e. The molecule has 0 saturated carbocycles. The predicted octanol–water partition coefficient (Wildman–Crippen LogP) is 3.90. The van der Waals surface area contributed by atoms with E-state index in [1.807, 2.05) is 30.3 Å². The SMILES string of the molecule is C=C[C@@H]1CC(O)Nc2cccc(-c3cc4ccccc4[nH]3)c2O1. The van der Waals surface area contributed by atoms with Gasteiger partial charge in [-0.1, -0.05) is 36.9 Å². The zero-order chi connectivity index (χ0) is 15.8. The molecular weight excluding hydrogens is 288 g/mol. The molecule has 0 bridgehead atoms. The molecule has 1 aliphatic rings. The average Bonchev–Trinajstić information content (AvgIpc) is 2.91. The lowest BCUT2D eigenvalue weighted by molar-refractivity contribution is 0.144. The molecule has 1 aromatic heterocycles. The van der Waals surface area contributed by atoms with Crippen LogP contribution in [0.4, 0.5) is 5.69 Å². The van der Waals surface area contributed by atoms with Crippen LogP contribution >= 0.6 is 0 Å². The van der Waals surface area contributed by atoms with Gasteiger partial charge in [0.05, 0.1) is 11.4 Å². The molecule has 0 amide bonds. The molecule has 2 atom stereocenters. The molecule has 116 valence electrons. The van der Waals surface area contributed by atoms with E-state index in [9.17, 15) is 5.11 Å². The van der Waals surface area contributed by atoms with Gasteiger partial charge >= 0.3 is 0 Å². The largest absolute Gasteiger partial charge is 0.483 e. The molecule has 23 heavy (non-hydrogen) atoms. The summed E-state index contributed by atoms with van der Waals surface area (Å²) >= 11 is 0. The van der Waals surface area contributed by atoms with Crippen LogP contribution in [0.2, 0.25) is 0 Å². The van der Waals surface area contributed by atoms with E-state index in [4.69, 9.17) is 4.74 Å². The van der Waals surface area contributed by atoms with Crippen molar-refractivity contribution >= 4 is 16.6 Å². The number of benzene rings is 2. The van der Waals surface area contributed by atoms with Gasteiger partial charge in [-0.3, -0.25) is 0 Å². The molecule has 4 rings (SSSR count). The van der Waals surface area contributed by atoms with Gasteiger partial charge in [-0.15, -0.1) is 0 Å². The van der Waals surface area contributed by atoms with Gasteiger partial charge in [-0.25, -0.2) is 0 Å². The zero-order valence-electron chi connectivity index (χ0n) is 12.6. The fourth-order valence-electron chi connectivity index (χ4n) is 3.01. The minimum absolute atomic E-state index is 0.232. The Hall–Kier alpha value is -2.72. The first kappa shape index (κ1) is 13.9. The summed E-state index contributed by atoms with van der Waals surface area (Å²) in [5.41, 5.74) is 3.83. The number of aromatic nitrogens is 1. The molecular formula is C19H18N2O2. The molecule has 3 N–H and O–H groups in total. The van der Waals surface area contributed by atoms with Crippen molar-refractivity contribution in [1.29, 1.82) is 0 Å². The Morgan fingerprint density at radius 1 is 1.17 bits per heavy atom. The van der Waals surface area contributed by atoms with Crippen LogP contribution in [-0.2, 0) is 0 Å². The summed E-state index contributed by atoms with van der Waals surface area (Å²) in [6.07, 6.45) is 1.30. The first-order valence-electron chi connectivity index (χ1n) is 7.69. The molecule has 1 unspecified atom stereocenters. The van der Waals surface area contributed by atoms with E-state index in [2.05, 4.69) is 35.1 Å². The van der Waals surface area contributed by atoms with Gasteiger partial charge in [0.15, 0.2) is 5.75 Å². The smallest absolute Gasteiger partial charge is 0.152 e. The Kier molecular flexibility index (Phi) is 3.32. The van der Waals surface area contributed by atoms with Crippen molar-refractivity contribution in [2.45, 2.75) is 18.8 Å². The maximum atomic E-state index is 10.1. The lowest BCUT2D eigenvalue weighted by atomic mass is 10.1. The van der Waals surface area contributed by atoms with Crippen molar-refractivity contribution in [3.8, 4) is 17.0 Å². The van der Waals surface area contributed by atoms with E-state index in [1.54, 1.807) is 6.08 Å². The van der Waals surface area contributed by atoms with Crippen molar-refractivity contribution in [3.05, 3.63) is 61.2 Å². The van der Waals surface area contributed by atoms with Crippen LogP contribution in [0, 0.1) is 0 Å². The fraction of sp³-hybridized carbons (Fsp3) is 0.158. The summed E-state index contributed by atoms with van der Waals surface area (Å²) in [6, 6.07) is 16.2. The van der Waals surface area contributed by atoms with Gasteiger partial charge < -0.3 is 20.1 Å². The van der Waals surface area contributed by atoms with Gasteiger partial charge in [-0.2, -0.15) is 0 Å². The molecule has 0 fully saturated rings. The van der Waals surface area contributed by atoms with E-state index in [0.717, 1.165) is 33.6 Å². The van der Waals surface area contributed by atoms with Crippen LogP contribution in [0.3, 0.4) is 0 Å². The van der Waals surface area contributed by atoms with Gasteiger partial charge in [0, 0.05) is 22.9 Å². The average molecular weight is 306 g/mol. The summed E-state index contributed by atoms with van der Waals surface area (Å²) in [5, 5.41) is 14.3. The zero-order valence-corrected chi connectivity index (χ0v) is 12.6. The van der Waals surface area contributed by atoms with Crippen molar-refractivity contribution < 1.29 is 9.84 Å². The molecule has 0 spiro atoms. The number of hydrogen-bond acceptors (Lipinski definition) is 3. The number of ether oxygens (including phenoxy) is 1. The van der Waals surface area contributed by atoms with Gasteiger partial charge in [-0.05, 0) is 24.3 Å². The third-order valence-electron chi connectivity index (χ3n) is 4.14. The monoisotopic (exact) mass is 306 g/mol. The predicted molar refractivity (Wildman–Crippen MR) is 92.6 cm³/mol. The lowest BCUT2D eigenvalue weighted by Crippen LogP contribution is -2.23. The summed E-state index contributed by atoms with van der Waals surface area (Å²) in [7, 11) is 0. The summed E-state index contributed by atoms with van der Waals surface area (Å²) in [4.78, 5) is 3.43. The Labute approximate surface area is 134 Å². The second-order valence-electron chi connectivity index (χ2n) is 5.74. The molecule has 0 aliphatic carbocycles. The number of rotatable bonds is 2. The second kappa shape index (κ2) is 5.48. The lowest BCUT2D eigenvalue weighted by Gasteiger charge is -2.15. The Morgan fingerprint density at radius 2 is 2.04 bits per heavy atom. The third-order valence-corrected chi connectivity index (χ3v) is 4.14. The highest BCUT2D eigenvalue weighted by molar-refractivity contribution is 5.88. The quantitative estimate of drug-likeness (QED) is 0.629. The van der Waals surface area contributed by atoms with Crippen molar-refractivity contribution in [2.24, 2.45) is 0 Å². The summed E-state index contributed by atoms with van der Waals surface area (Å²) < 4.78 is 6.10. The molecule has 2 aromatic carbocycles. The van der Waals surface area contributed by atoms with Crippen molar-refractivity contribution in [2.75, 3.05) is 5.32 Å². The minimum Gasteiger partial charge on any atom is -0.483 e. The second-order valence-corrected chi connectivity index (χ2v) is 5.74. The molecule has 3 aromatic rings. The van der Waals surface area contributed by atoms with E-state index in [1.165, 1.54) is 0 Å². The molecule has 0 saturated heterocycles. The summed E-state index contributed by atoms with van der Waals surface area (Å²) in [6.45, 7) is 3.80. The normalized spacial score (nSPS) is 20.2. The van der Waals surface area contributed by atoms with Gasteiger partial charge in [0.25, 0.3) is 0 Å². The number of hydrogen-bond donors (Lipinski definition) is 3. The molecule has 4 heteroatoms. The topological polar surface area (TPSA) is 57.3 Å². The molecule has 2 heterocycles. The number of fused-ring (bicyclic) bond motifs is 2. The molecule has 4 nitrogen and oxygen atoms in total. The van der Waals surface area contributed by atoms with Gasteiger partial charge in [0.1, 0.15) is 12.3 Å². The highest BCUT2D eigenvalue weighted by Gasteiger charge is 2.23. The maximum absolute atomic E-state index is 10.1. The van der Waals surface area contributed by atoms with Crippen molar-refractivity contribution in [3.63, 3.8) is 0 Å². The van der Waals surface area contributed by atoms with Crippen LogP contribution in [0.5, 0.6) is 5.75 Å². The van der Waals surface area contributed by atoms with Crippen LogP contribution in [0.1, 0.15) is 6.42 Å². The van der Waals surface area contributed by atoms with Crippen LogP contribution < -0.4 is 10.1 Å². The number of H-pyrrole nitrogens is 1. The number of para-hydroxylation sites is 2. The number of nitrogens with one attached hydrogen (secondary N) is 2. The highest BCUT2D eigenvalue weighted by Crippen LogP contribution is 2.40. The Balaban J connectivity index is 1.86. The van der Waals surface area contributed by atoms with E-state index in [0.29, 0.717) is 6.42 Å². The summed E-state index contributed by atoms with van der Waals surface area (Å²) in [5.74, 6) is 0.737. The van der Waals surface area contributed by atoms with E-state index < -0.39 is 6.23 Å². The van der Waals surface area contributed by atoms with Crippen LogP contribution in [-0.4, -0.2) is 22.4 Å².